The molecule has 5 rings (SSSR count). The first-order chi connectivity index (χ1) is 12.2. The van der Waals surface area contributed by atoms with Crippen LogP contribution in [-0.2, 0) is 11.3 Å². The number of halogens is 2. The van der Waals surface area contributed by atoms with Crippen molar-refractivity contribution in [2.75, 3.05) is 0 Å². The van der Waals surface area contributed by atoms with Crippen LogP contribution in [-0.4, -0.2) is 11.3 Å². The van der Waals surface area contributed by atoms with E-state index in [-0.39, 0.29) is 0 Å². The Bertz CT molecular complexity index is 820. The average molecular weight is 376 g/mol. The van der Waals surface area contributed by atoms with Gasteiger partial charge in [-0.25, -0.2) is 0 Å². The van der Waals surface area contributed by atoms with Crippen molar-refractivity contribution in [3.63, 3.8) is 0 Å². The highest BCUT2D eigenvalue weighted by molar-refractivity contribution is 6.39. The van der Waals surface area contributed by atoms with Crippen molar-refractivity contribution in [3.8, 4) is 11.3 Å². The molecule has 5 heteroatoms. The van der Waals surface area contributed by atoms with Crippen LogP contribution in [0.25, 0.3) is 11.3 Å². The van der Waals surface area contributed by atoms with Crippen molar-refractivity contribution in [3.05, 3.63) is 51.7 Å². The van der Waals surface area contributed by atoms with Gasteiger partial charge in [-0.1, -0.05) is 46.6 Å². The van der Waals surface area contributed by atoms with E-state index in [9.17, 15) is 0 Å². The Morgan fingerprint density at radius 2 is 1.92 bits per heavy atom. The van der Waals surface area contributed by atoms with E-state index in [1.807, 2.05) is 18.2 Å². The Kier molecular flexibility index (Phi) is 3.92. The monoisotopic (exact) mass is 375 g/mol. The molecule has 0 spiro atoms. The van der Waals surface area contributed by atoms with Crippen molar-refractivity contribution in [1.29, 1.82) is 0 Å². The summed E-state index contributed by atoms with van der Waals surface area (Å²) in [4.78, 5) is 0. The topological polar surface area (TPSA) is 35.3 Å². The molecule has 1 aromatic carbocycles. The van der Waals surface area contributed by atoms with Crippen LogP contribution in [0.1, 0.15) is 42.9 Å². The smallest absolute Gasteiger partial charge is 0.145 e. The molecular formula is C20H19Cl2NO2. The van der Waals surface area contributed by atoms with Crippen molar-refractivity contribution < 1.29 is 9.26 Å². The molecule has 0 unspecified atom stereocenters. The number of benzene rings is 1. The fraction of sp³-hybridized carbons (Fsp3) is 0.450. The number of fused-ring (bicyclic) bond motifs is 2. The van der Waals surface area contributed by atoms with Crippen LogP contribution in [0.5, 0.6) is 0 Å². The fourth-order valence-electron chi connectivity index (χ4n) is 4.16. The second-order valence-corrected chi connectivity index (χ2v) is 8.19. The van der Waals surface area contributed by atoms with Crippen molar-refractivity contribution in [2.45, 2.75) is 44.3 Å². The summed E-state index contributed by atoms with van der Waals surface area (Å²) >= 11 is 12.8. The highest BCUT2D eigenvalue weighted by Gasteiger charge is 2.38. The zero-order valence-corrected chi connectivity index (χ0v) is 15.3. The molecular weight excluding hydrogens is 357 g/mol. The maximum Gasteiger partial charge on any atom is 0.145 e. The van der Waals surface area contributed by atoms with Gasteiger partial charge in [0.25, 0.3) is 0 Å². The first kappa shape index (κ1) is 15.9. The number of hydrogen-bond acceptors (Lipinski definition) is 3. The van der Waals surface area contributed by atoms with Gasteiger partial charge in [-0.2, -0.15) is 0 Å². The Morgan fingerprint density at radius 1 is 1.12 bits per heavy atom. The van der Waals surface area contributed by atoms with E-state index in [2.05, 4.69) is 17.3 Å². The maximum atomic E-state index is 6.40. The summed E-state index contributed by atoms with van der Waals surface area (Å²) in [6.07, 6.45) is 9.57. The van der Waals surface area contributed by atoms with Crippen LogP contribution in [0.3, 0.4) is 0 Å². The van der Waals surface area contributed by atoms with Crippen LogP contribution in [0.4, 0.5) is 0 Å². The fourth-order valence-corrected chi connectivity index (χ4v) is 4.74. The minimum atomic E-state index is 0.298. The maximum absolute atomic E-state index is 6.40. The minimum absolute atomic E-state index is 0.298. The molecule has 0 saturated heterocycles. The molecule has 3 nitrogen and oxygen atoms in total. The summed E-state index contributed by atoms with van der Waals surface area (Å²) in [7, 11) is 0. The van der Waals surface area contributed by atoms with Gasteiger partial charge < -0.3 is 9.26 Å². The molecule has 0 N–H and O–H groups in total. The zero-order valence-electron chi connectivity index (χ0n) is 13.8. The molecule has 130 valence electrons. The summed E-state index contributed by atoms with van der Waals surface area (Å²) in [5.74, 6) is 2.66. The number of allylic oxidation sites excluding steroid dienone is 1. The average Bonchev–Trinajstić information content (AvgIpc) is 3.03. The van der Waals surface area contributed by atoms with E-state index < -0.39 is 0 Å². The summed E-state index contributed by atoms with van der Waals surface area (Å²) in [5.41, 5.74) is 2.49. The first-order valence-electron chi connectivity index (χ1n) is 8.93. The van der Waals surface area contributed by atoms with E-state index in [4.69, 9.17) is 32.5 Å². The number of aromatic nitrogens is 1. The van der Waals surface area contributed by atoms with E-state index in [1.54, 1.807) is 0 Å². The largest absolute Gasteiger partial charge is 0.373 e. The highest BCUT2D eigenvalue weighted by atomic mass is 35.5. The predicted octanol–water partition coefficient (Wildman–Crippen LogP) is 6.01. The highest BCUT2D eigenvalue weighted by Crippen LogP contribution is 2.47. The first-order valence-corrected chi connectivity index (χ1v) is 9.69. The van der Waals surface area contributed by atoms with Gasteiger partial charge in [0.15, 0.2) is 0 Å². The lowest BCUT2D eigenvalue weighted by Crippen LogP contribution is -2.18. The third-order valence-corrected chi connectivity index (χ3v) is 6.26. The predicted molar refractivity (Wildman–Crippen MR) is 97.9 cm³/mol. The summed E-state index contributed by atoms with van der Waals surface area (Å²) in [5, 5.41) is 5.50. The van der Waals surface area contributed by atoms with E-state index in [1.165, 1.54) is 6.42 Å². The van der Waals surface area contributed by atoms with Crippen LogP contribution < -0.4 is 0 Å². The number of hydrogen-bond donors (Lipinski definition) is 0. The second kappa shape index (κ2) is 6.15. The normalized spacial score (nSPS) is 27.4. The van der Waals surface area contributed by atoms with Gasteiger partial charge in [-0.15, -0.1) is 0 Å². The molecule has 3 aliphatic rings. The Labute approximate surface area is 156 Å². The van der Waals surface area contributed by atoms with E-state index in [0.717, 1.165) is 41.8 Å². The standard InChI is InChI=1S/C20H19Cl2NO2/c21-15-2-1-3-16(22)18(15)19-14(20(25-23-19)12-6-7-12)10-24-17-9-11-4-5-13(17)8-11/h1-5,11-13,17H,6-10H2/t11-,13+,17+/m0/s1. The van der Waals surface area contributed by atoms with Gasteiger partial charge >= 0.3 is 0 Å². The molecule has 3 atom stereocenters. The molecule has 2 fully saturated rings. The molecule has 0 amide bonds. The Morgan fingerprint density at radius 3 is 2.56 bits per heavy atom. The SMILES string of the molecule is Clc1cccc(Cl)c1-c1noc(C2CC2)c1CO[C@@H]1C[C@H]2C=C[C@@H]1C2. The van der Waals surface area contributed by atoms with Crippen molar-refractivity contribution in [1.82, 2.24) is 5.16 Å². The molecule has 0 aliphatic heterocycles. The third kappa shape index (κ3) is 2.83. The van der Waals surface area contributed by atoms with Crippen molar-refractivity contribution in [2.24, 2.45) is 11.8 Å². The van der Waals surface area contributed by atoms with Gasteiger partial charge in [-0.05, 0) is 43.7 Å². The number of nitrogens with zero attached hydrogens (tertiary/aromatic N) is 1. The molecule has 2 bridgehead atoms. The molecule has 0 radical (unpaired) electrons. The van der Waals surface area contributed by atoms with Gasteiger partial charge in [0.2, 0.25) is 0 Å². The summed E-state index contributed by atoms with van der Waals surface area (Å²) in [6, 6.07) is 5.51. The summed E-state index contributed by atoms with van der Waals surface area (Å²) in [6.45, 7) is 0.508. The zero-order chi connectivity index (χ0) is 17.0. The molecule has 1 aromatic heterocycles. The Hall–Kier alpha value is -1.29. The minimum Gasteiger partial charge on any atom is -0.373 e. The quantitative estimate of drug-likeness (QED) is 0.600. The van der Waals surface area contributed by atoms with Gasteiger partial charge in [-0.3, -0.25) is 0 Å². The van der Waals surface area contributed by atoms with Gasteiger partial charge in [0.1, 0.15) is 11.5 Å². The molecule has 25 heavy (non-hydrogen) atoms. The summed E-state index contributed by atoms with van der Waals surface area (Å²) < 4.78 is 12.0. The molecule has 1 heterocycles. The second-order valence-electron chi connectivity index (χ2n) is 7.37. The van der Waals surface area contributed by atoms with Crippen LogP contribution in [0.15, 0.2) is 34.9 Å². The lowest BCUT2D eigenvalue weighted by Gasteiger charge is -2.19. The van der Waals surface area contributed by atoms with E-state index >= 15 is 0 Å². The van der Waals surface area contributed by atoms with Gasteiger partial charge in [0, 0.05) is 23.0 Å². The van der Waals surface area contributed by atoms with Gasteiger partial charge in [0.05, 0.1) is 22.8 Å². The Balaban J connectivity index is 1.47. The third-order valence-electron chi connectivity index (χ3n) is 5.63. The lowest BCUT2D eigenvalue weighted by atomic mass is 10.0. The van der Waals surface area contributed by atoms with Crippen molar-refractivity contribution >= 4 is 23.2 Å². The number of rotatable bonds is 5. The van der Waals surface area contributed by atoms with Crippen LogP contribution >= 0.6 is 23.2 Å². The van der Waals surface area contributed by atoms with Crippen LogP contribution in [0, 0.1) is 11.8 Å². The van der Waals surface area contributed by atoms with Crippen LogP contribution in [0.2, 0.25) is 10.0 Å². The molecule has 2 saturated carbocycles. The molecule has 2 aromatic rings. The van der Waals surface area contributed by atoms with E-state index in [0.29, 0.717) is 40.5 Å². The number of ether oxygens (including phenoxy) is 1. The molecule has 3 aliphatic carbocycles. The lowest BCUT2D eigenvalue weighted by molar-refractivity contribution is 0.0240.